The van der Waals surface area contributed by atoms with Crippen LogP contribution < -0.4 is 14.4 Å². The van der Waals surface area contributed by atoms with Crippen molar-refractivity contribution in [3.8, 4) is 11.5 Å². The molecule has 0 atom stereocenters. The van der Waals surface area contributed by atoms with Gasteiger partial charge in [-0.2, -0.15) is 0 Å². The molecule has 3 aromatic carbocycles. The summed E-state index contributed by atoms with van der Waals surface area (Å²) >= 11 is 0. The molecule has 0 spiro atoms. The molecule has 0 N–H and O–H groups in total. The summed E-state index contributed by atoms with van der Waals surface area (Å²) in [5.41, 5.74) is 5.65. The van der Waals surface area contributed by atoms with Crippen molar-refractivity contribution in [3.63, 3.8) is 0 Å². The molecule has 0 aromatic heterocycles. The Hall–Kier alpha value is -3.35. The number of ether oxygens (including phenoxy) is 4. The van der Waals surface area contributed by atoms with Crippen LogP contribution in [0.2, 0.25) is 0 Å². The molecule has 194 valence electrons. The molecule has 6 heteroatoms. The average molecular weight is 504 g/mol. The minimum absolute atomic E-state index is 0.206. The summed E-state index contributed by atoms with van der Waals surface area (Å²) in [7, 11) is 3.34. The van der Waals surface area contributed by atoms with Gasteiger partial charge in [-0.15, -0.1) is 0 Å². The van der Waals surface area contributed by atoms with Crippen LogP contribution in [-0.2, 0) is 16.1 Å². The van der Waals surface area contributed by atoms with Crippen molar-refractivity contribution in [2.45, 2.75) is 32.7 Å². The normalized spacial score (nSPS) is 16.1. The van der Waals surface area contributed by atoms with Crippen LogP contribution >= 0.6 is 0 Å². The molecule has 0 bridgehead atoms. The number of benzene rings is 3. The first-order valence-electron chi connectivity index (χ1n) is 12.8. The molecule has 0 amide bonds. The van der Waals surface area contributed by atoms with Gasteiger partial charge in [0.1, 0.15) is 30.5 Å². The minimum atomic E-state index is -0.206. The van der Waals surface area contributed by atoms with Gasteiger partial charge in [-0.1, -0.05) is 36.4 Å². The highest BCUT2D eigenvalue weighted by Gasteiger charge is 2.28. The predicted molar refractivity (Wildman–Crippen MR) is 144 cm³/mol. The summed E-state index contributed by atoms with van der Waals surface area (Å²) in [5.74, 6) is 1.61. The second-order valence-electron chi connectivity index (χ2n) is 9.71. The lowest BCUT2D eigenvalue weighted by molar-refractivity contribution is -0.141. The molecule has 2 aliphatic rings. The highest BCUT2D eigenvalue weighted by Crippen LogP contribution is 2.40. The maximum Gasteiger partial charge on any atom is 0.159 e. The lowest BCUT2D eigenvalue weighted by atomic mass is 9.91. The monoisotopic (exact) mass is 503 g/mol. The van der Waals surface area contributed by atoms with Gasteiger partial charge in [0.25, 0.3) is 0 Å². The Kier molecular flexibility index (Phi) is 7.77. The fraction of sp³-hybridized carbons (Fsp3) is 0.355. The Morgan fingerprint density at radius 2 is 1.73 bits per heavy atom. The maximum absolute atomic E-state index is 15.4. The molecule has 0 aliphatic carbocycles. The van der Waals surface area contributed by atoms with E-state index in [0.717, 1.165) is 65.3 Å². The number of fused-ring (bicyclic) bond motifs is 1. The van der Waals surface area contributed by atoms with Gasteiger partial charge >= 0.3 is 0 Å². The van der Waals surface area contributed by atoms with Crippen molar-refractivity contribution in [2.75, 3.05) is 38.8 Å². The predicted octanol–water partition coefficient (Wildman–Crippen LogP) is 6.45. The third kappa shape index (κ3) is 5.50. The summed E-state index contributed by atoms with van der Waals surface area (Å²) in [6, 6.07) is 21.5. The molecule has 1 saturated heterocycles. The van der Waals surface area contributed by atoms with Crippen LogP contribution in [0, 0.1) is 11.7 Å². The topological polar surface area (TPSA) is 40.2 Å². The Bertz CT molecular complexity index is 1250. The first-order valence-corrected chi connectivity index (χ1v) is 12.8. The lowest BCUT2D eigenvalue weighted by Gasteiger charge is -2.36. The molecule has 1 fully saturated rings. The second kappa shape index (κ2) is 11.4. The fourth-order valence-corrected chi connectivity index (χ4v) is 5.36. The van der Waals surface area contributed by atoms with Crippen molar-refractivity contribution in [3.05, 3.63) is 94.8 Å². The zero-order valence-corrected chi connectivity index (χ0v) is 21.7. The van der Waals surface area contributed by atoms with Crippen molar-refractivity contribution >= 4 is 11.3 Å². The van der Waals surface area contributed by atoms with E-state index in [0.29, 0.717) is 24.8 Å². The Labute approximate surface area is 218 Å². The molecular formula is C31H34FNO4. The summed E-state index contributed by atoms with van der Waals surface area (Å²) in [6.45, 7) is 4.53. The van der Waals surface area contributed by atoms with Crippen LogP contribution in [0.5, 0.6) is 11.5 Å². The Morgan fingerprint density at radius 3 is 2.43 bits per heavy atom. The van der Waals surface area contributed by atoms with E-state index >= 15 is 4.39 Å². The van der Waals surface area contributed by atoms with Gasteiger partial charge in [-0.05, 0) is 66.3 Å². The molecule has 5 nitrogen and oxygen atoms in total. The van der Waals surface area contributed by atoms with Crippen LogP contribution in [0.25, 0.3) is 5.57 Å². The van der Waals surface area contributed by atoms with Crippen LogP contribution in [0.15, 0.2) is 72.3 Å². The van der Waals surface area contributed by atoms with E-state index in [2.05, 4.69) is 4.90 Å². The van der Waals surface area contributed by atoms with Gasteiger partial charge in [0.15, 0.2) is 6.29 Å². The maximum atomic E-state index is 15.4. The molecular weight excluding hydrogens is 469 g/mol. The first-order chi connectivity index (χ1) is 18.1. The van der Waals surface area contributed by atoms with E-state index in [1.807, 2.05) is 67.6 Å². The number of hydrogen-bond donors (Lipinski definition) is 0. The largest absolute Gasteiger partial charge is 0.489 e. The molecule has 2 heterocycles. The highest BCUT2D eigenvalue weighted by molar-refractivity contribution is 5.86. The minimum Gasteiger partial charge on any atom is -0.489 e. The second-order valence-corrected chi connectivity index (χ2v) is 9.71. The van der Waals surface area contributed by atoms with E-state index in [-0.39, 0.29) is 12.1 Å². The van der Waals surface area contributed by atoms with Crippen molar-refractivity contribution < 1.29 is 23.3 Å². The van der Waals surface area contributed by atoms with Crippen molar-refractivity contribution in [1.29, 1.82) is 0 Å². The smallest absolute Gasteiger partial charge is 0.159 e. The van der Waals surface area contributed by atoms with E-state index in [9.17, 15) is 0 Å². The summed E-state index contributed by atoms with van der Waals surface area (Å²) in [5, 5.41) is 0. The van der Waals surface area contributed by atoms with Crippen LogP contribution in [0.3, 0.4) is 0 Å². The fourth-order valence-electron chi connectivity index (χ4n) is 5.36. The van der Waals surface area contributed by atoms with Gasteiger partial charge in [0, 0.05) is 44.9 Å². The summed E-state index contributed by atoms with van der Waals surface area (Å²) < 4.78 is 38.3. The SMILES string of the molecule is COC(OC)C1CCN(c2ccc(C3=C(C)COc4cc(OCc5ccccc5)ccc43)cc2F)CC1. The molecule has 37 heavy (non-hydrogen) atoms. The van der Waals surface area contributed by atoms with E-state index in [1.165, 1.54) is 0 Å². The summed E-state index contributed by atoms with van der Waals surface area (Å²) in [6.07, 6.45) is 1.59. The molecule has 5 rings (SSSR count). The number of nitrogens with zero attached hydrogens (tertiary/aromatic N) is 1. The zero-order chi connectivity index (χ0) is 25.8. The molecule has 2 aliphatic heterocycles. The zero-order valence-electron chi connectivity index (χ0n) is 21.7. The Balaban J connectivity index is 1.32. The van der Waals surface area contributed by atoms with E-state index in [1.54, 1.807) is 20.3 Å². The first kappa shape index (κ1) is 25.3. The number of hydrogen-bond acceptors (Lipinski definition) is 5. The van der Waals surface area contributed by atoms with Crippen molar-refractivity contribution in [2.24, 2.45) is 5.92 Å². The molecule has 3 aromatic rings. The summed E-state index contributed by atoms with van der Waals surface area (Å²) in [4.78, 5) is 2.12. The number of halogens is 1. The lowest BCUT2D eigenvalue weighted by Crippen LogP contribution is -2.39. The van der Waals surface area contributed by atoms with Gasteiger partial charge in [0.05, 0.1) is 5.69 Å². The third-order valence-electron chi connectivity index (χ3n) is 7.31. The standard InChI is InChI=1S/C31H34FNO4/c1-21-19-37-29-18-25(36-20-22-7-5-4-6-8-22)10-11-26(29)30(21)24-9-12-28(27(32)17-24)33-15-13-23(14-16-33)31(34-2)35-3/h4-12,17-18,23,31H,13-16,19-20H2,1-3H3. The van der Waals surface area contributed by atoms with Crippen LogP contribution in [0.4, 0.5) is 10.1 Å². The van der Waals surface area contributed by atoms with Crippen molar-refractivity contribution in [1.82, 2.24) is 0 Å². The van der Waals surface area contributed by atoms with E-state index < -0.39 is 0 Å². The highest BCUT2D eigenvalue weighted by atomic mass is 19.1. The Morgan fingerprint density at radius 1 is 0.973 bits per heavy atom. The molecule has 0 unspecified atom stereocenters. The van der Waals surface area contributed by atoms with Crippen LogP contribution in [-0.4, -0.2) is 40.2 Å². The number of rotatable bonds is 8. The van der Waals surface area contributed by atoms with Gasteiger partial charge in [-0.3, -0.25) is 0 Å². The third-order valence-corrected chi connectivity index (χ3v) is 7.31. The van der Waals surface area contributed by atoms with Gasteiger partial charge in [-0.25, -0.2) is 4.39 Å². The average Bonchev–Trinajstić information content (AvgIpc) is 2.93. The van der Waals surface area contributed by atoms with Gasteiger partial charge in [0.2, 0.25) is 0 Å². The number of methoxy groups -OCH3 is 2. The number of anilines is 1. The number of piperidine rings is 1. The molecule has 0 radical (unpaired) electrons. The van der Waals surface area contributed by atoms with Crippen LogP contribution in [0.1, 0.15) is 36.5 Å². The van der Waals surface area contributed by atoms with Gasteiger partial charge < -0.3 is 23.8 Å². The van der Waals surface area contributed by atoms with E-state index in [4.69, 9.17) is 18.9 Å². The molecule has 0 saturated carbocycles. The quantitative estimate of drug-likeness (QED) is 0.330.